The zero-order chi connectivity index (χ0) is 18.6. The van der Waals surface area contributed by atoms with Crippen molar-refractivity contribution in [3.05, 3.63) is 36.4 Å². The van der Waals surface area contributed by atoms with Crippen LogP contribution in [0.5, 0.6) is 0 Å². The van der Waals surface area contributed by atoms with Crippen molar-refractivity contribution >= 4 is 11.9 Å². The fourth-order valence-electron chi connectivity index (χ4n) is 4.45. The molecule has 144 valence electrons. The molecule has 0 N–H and O–H groups in total. The van der Waals surface area contributed by atoms with Crippen LogP contribution >= 0.6 is 0 Å². The highest BCUT2D eigenvalue weighted by molar-refractivity contribution is 5.92. The second kappa shape index (κ2) is 8.06. The molecule has 7 nitrogen and oxygen atoms in total. The normalized spacial score (nSPS) is 21.0. The molecule has 2 aromatic heterocycles. The number of piperidine rings is 1. The number of hydrogen-bond donors (Lipinski definition) is 0. The molecule has 0 unspecified atom stereocenters. The van der Waals surface area contributed by atoms with E-state index in [2.05, 4.69) is 26.9 Å². The minimum Gasteiger partial charge on any atom is -0.341 e. The van der Waals surface area contributed by atoms with Crippen molar-refractivity contribution in [2.45, 2.75) is 39.2 Å². The first-order chi connectivity index (χ1) is 13.3. The van der Waals surface area contributed by atoms with Gasteiger partial charge >= 0.3 is 0 Å². The topological polar surface area (TPSA) is 67.2 Å². The largest absolute Gasteiger partial charge is 0.341 e. The highest BCUT2D eigenvalue weighted by Crippen LogP contribution is 2.33. The summed E-state index contributed by atoms with van der Waals surface area (Å²) in [4.78, 5) is 25.9. The predicted octanol–water partition coefficient (Wildman–Crippen LogP) is 2.46. The van der Waals surface area contributed by atoms with Gasteiger partial charge < -0.3 is 9.80 Å². The molecule has 0 bridgehead atoms. The first-order valence-electron chi connectivity index (χ1n) is 10.1. The SMILES string of the molecule is CCCn1nccc1C(=O)N1CC[C@@H](C2CCN(c3ncccn3)CC2)C1. The number of likely N-dealkylation sites (tertiary alicyclic amines) is 1. The maximum absolute atomic E-state index is 12.9. The van der Waals surface area contributed by atoms with Crippen LogP contribution in [-0.2, 0) is 6.54 Å². The molecule has 1 atom stereocenters. The summed E-state index contributed by atoms with van der Waals surface area (Å²) < 4.78 is 1.84. The van der Waals surface area contributed by atoms with Gasteiger partial charge in [-0.2, -0.15) is 5.10 Å². The van der Waals surface area contributed by atoms with Gasteiger partial charge in [-0.15, -0.1) is 0 Å². The Bertz CT molecular complexity index is 753. The lowest BCUT2D eigenvalue weighted by Crippen LogP contribution is -2.38. The van der Waals surface area contributed by atoms with Crippen molar-refractivity contribution < 1.29 is 4.79 Å². The van der Waals surface area contributed by atoms with E-state index < -0.39 is 0 Å². The quantitative estimate of drug-likeness (QED) is 0.811. The molecule has 2 aromatic rings. The van der Waals surface area contributed by atoms with E-state index in [1.807, 2.05) is 21.7 Å². The van der Waals surface area contributed by atoms with Crippen LogP contribution in [0.25, 0.3) is 0 Å². The molecule has 1 amide bonds. The van der Waals surface area contributed by atoms with E-state index in [0.717, 1.165) is 70.0 Å². The maximum Gasteiger partial charge on any atom is 0.272 e. The summed E-state index contributed by atoms with van der Waals surface area (Å²) in [6, 6.07) is 3.70. The summed E-state index contributed by atoms with van der Waals surface area (Å²) in [5.41, 5.74) is 0.730. The summed E-state index contributed by atoms with van der Waals surface area (Å²) >= 11 is 0. The molecular formula is C20H28N6O. The van der Waals surface area contributed by atoms with Crippen LogP contribution in [0.3, 0.4) is 0 Å². The lowest BCUT2D eigenvalue weighted by atomic mass is 9.84. The molecule has 2 aliphatic heterocycles. The molecule has 4 heterocycles. The Labute approximate surface area is 160 Å². The number of rotatable bonds is 5. The van der Waals surface area contributed by atoms with Crippen molar-refractivity contribution in [3.63, 3.8) is 0 Å². The standard InChI is InChI=1S/C20H28N6O/c1-2-11-26-18(4-10-23-26)19(27)25-14-7-17(15-25)16-5-12-24(13-6-16)20-21-8-3-9-22-20/h3-4,8-10,16-17H,2,5-7,11-15H2,1H3/t17-/m1/s1. The molecular weight excluding hydrogens is 340 g/mol. The van der Waals surface area contributed by atoms with Gasteiger partial charge in [-0.1, -0.05) is 6.92 Å². The van der Waals surface area contributed by atoms with Gasteiger partial charge in [-0.25, -0.2) is 9.97 Å². The fourth-order valence-corrected chi connectivity index (χ4v) is 4.45. The number of hydrogen-bond acceptors (Lipinski definition) is 5. The van der Waals surface area contributed by atoms with Gasteiger partial charge in [0.2, 0.25) is 5.95 Å². The van der Waals surface area contributed by atoms with Crippen molar-refractivity contribution in [1.29, 1.82) is 0 Å². The van der Waals surface area contributed by atoms with Gasteiger partial charge in [0.25, 0.3) is 5.91 Å². The highest BCUT2D eigenvalue weighted by atomic mass is 16.2. The molecule has 0 aliphatic carbocycles. The number of amides is 1. The van der Waals surface area contributed by atoms with Crippen LogP contribution in [0.15, 0.2) is 30.7 Å². The highest BCUT2D eigenvalue weighted by Gasteiger charge is 2.35. The maximum atomic E-state index is 12.9. The van der Waals surface area contributed by atoms with Crippen molar-refractivity contribution in [3.8, 4) is 0 Å². The minimum absolute atomic E-state index is 0.138. The van der Waals surface area contributed by atoms with Gasteiger partial charge in [-0.3, -0.25) is 9.48 Å². The molecule has 0 saturated carbocycles. The van der Waals surface area contributed by atoms with Crippen LogP contribution in [-0.4, -0.2) is 56.7 Å². The van der Waals surface area contributed by atoms with Crippen LogP contribution in [0.2, 0.25) is 0 Å². The summed E-state index contributed by atoms with van der Waals surface area (Å²) in [5, 5.41) is 4.30. The minimum atomic E-state index is 0.138. The van der Waals surface area contributed by atoms with Crippen LogP contribution < -0.4 is 4.90 Å². The van der Waals surface area contributed by atoms with E-state index in [4.69, 9.17) is 0 Å². The molecule has 2 saturated heterocycles. The third-order valence-electron chi connectivity index (χ3n) is 5.92. The summed E-state index contributed by atoms with van der Waals surface area (Å²) in [6.07, 6.45) is 9.74. The second-order valence-electron chi connectivity index (χ2n) is 7.61. The summed E-state index contributed by atoms with van der Waals surface area (Å²) in [6.45, 7) is 6.65. The zero-order valence-corrected chi connectivity index (χ0v) is 16.0. The Morgan fingerprint density at radius 1 is 1.07 bits per heavy atom. The molecule has 4 rings (SSSR count). The first-order valence-corrected chi connectivity index (χ1v) is 10.1. The van der Waals surface area contributed by atoms with E-state index in [1.54, 1.807) is 18.6 Å². The third kappa shape index (κ3) is 3.82. The lowest BCUT2D eigenvalue weighted by Gasteiger charge is -2.34. The molecule has 7 heteroatoms. The first kappa shape index (κ1) is 17.9. The van der Waals surface area contributed by atoms with Crippen molar-refractivity contribution in [2.24, 2.45) is 11.8 Å². The predicted molar refractivity (Wildman–Crippen MR) is 103 cm³/mol. The monoisotopic (exact) mass is 368 g/mol. The van der Waals surface area contributed by atoms with Gasteiger partial charge in [0.1, 0.15) is 5.69 Å². The Balaban J connectivity index is 1.32. The molecule has 27 heavy (non-hydrogen) atoms. The van der Waals surface area contributed by atoms with Gasteiger partial charge in [0, 0.05) is 51.3 Å². The van der Waals surface area contributed by atoms with Crippen molar-refractivity contribution in [1.82, 2.24) is 24.6 Å². The zero-order valence-electron chi connectivity index (χ0n) is 16.0. The third-order valence-corrected chi connectivity index (χ3v) is 5.92. The van der Waals surface area contributed by atoms with E-state index in [0.29, 0.717) is 11.8 Å². The number of aromatic nitrogens is 4. The van der Waals surface area contributed by atoms with Crippen LogP contribution in [0.4, 0.5) is 5.95 Å². The molecule has 2 aliphatic rings. The van der Waals surface area contributed by atoms with E-state index >= 15 is 0 Å². The molecule has 0 aromatic carbocycles. The smallest absolute Gasteiger partial charge is 0.272 e. The summed E-state index contributed by atoms with van der Waals surface area (Å²) in [7, 11) is 0. The second-order valence-corrected chi connectivity index (χ2v) is 7.61. The van der Waals surface area contributed by atoms with E-state index in [1.165, 1.54) is 0 Å². The summed E-state index contributed by atoms with van der Waals surface area (Å²) in [5.74, 6) is 2.26. The molecule has 0 spiro atoms. The Hall–Kier alpha value is -2.44. The molecule has 0 radical (unpaired) electrons. The number of aryl methyl sites for hydroxylation is 1. The van der Waals surface area contributed by atoms with Crippen molar-refractivity contribution in [2.75, 3.05) is 31.1 Å². The average molecular weight is 368 g/mol. The number of nitrogens with zero attached hydrogens (tertiary/aromatic N) is 6. The molecule has 2 fully saturated rings. The lowest BCUT2D eigenvalue weighted by molar-refractivity contribution is 0.0768. The fraction of sp³-hybridized carbons (Fsp3) is 0.600. The average Bonchev–Trinajstić information content (AvgIpc) is 3.39. The Morgan fingerprint density at radius 3 is 2.56 bits per heavy atom. The number of carbonyl (C=O) groups excluding carboxylic acids is 1. The van der Waals surface area contributed by atoms with Gasteiger partial charge in [0.15, 0.2) is 0 Å². The van der Waals surface area contributed by atoms with Gasteiger partial charge in [0.05, 0.1) is 0 Å². The number of carbonyl (C=O) groups is 1. The Morgan fingerprint density at radius 2 is 1.81 bits per heavy atom. The van der Waals surface area contributed by atoms with E-state index in [-0.39, 0.29) is 5.91 Å². The van der Waals surface area contributed by atoms with Crippen LogP contribution in [0, 0.1) is 11.8 Å². The Kier molecular flexibility index (Phi) is 5.36. The van der Waals surface area contributed by atoms with E-state index in [9.17, 15) is 4.79 Å². The van der Waals surface area contributed by atoms with Crippen LogP contribution in [0.1, 0.15) is 43.1 Å². The van der Waals surface area contributed by atoms with Gasteiger partial charge in [-0.05, 0) is 49.7 Å². The number of anilines is 1.